The number of H-pyrrole nitrogens is 1. The Morgan fingerprint density at radius 3 is 1.67 bits per heavy atom. The van der Waals surface area contributed by atoms with Crippen LogP contribution in [-0.4, -0.2) is 18.7 Å². The third kappa shape index (κ3) is 7.38. The minimum absolute atomic E-state index is 0. The lowest BCUT2D eigenvalue weighted by molar-refractivity contribution is 0.638. The van der Waals surface area contributed by atoms with Crippen LogP contribution in [0.4, 0.5) is 0 Å². The van der Waals surface area contributed by atoms with Crippen molar-refractivity contribution in [3.8, 4) is 0 Å². The van der Waals surface area contributed by atoms with Crippen molar-refractivity contribution in [1.82, 2.24) is 18.7 Å². The number of hydrogen-bond donors (Lipinski definition) is 1. The molecule has 0 aliphatic carbocycles. The van der Waals surface area contributed by atoms with Crippen LogP contribution in [0.25, 0.3) is 0 Å². The fraction of sp³-hybridized carbons (Fsp3) is 0.231. The van der Waals surface area contributed by atoms with E-state index < -0.39 is 0 Å². The maximum atomic E-state index is 11.9. The molecule has 0 saturated heterocycles. The van der Waals surface area contributed by atoms with Crippen molar-refractivity contribution in [3.05, 3.63) is 134 Å². The maximum Gasteiger partial charge on any atom is 0.331 e. The molecular weight excluding hydrogens is 592 g/mol. The summed E-state index contributed by atoms with van der Waals surface area (Å²) in [4.78, 5) is 48.6. The molecule has 190 valence electrons. The third-order valence-electron chi connectivity index (χ3n) is 5.25. The van der Waals surface area contributed by atoms with Gasteiger partial charge in [-0.1, -0.05) is 63.6 Å². The second-order valence-corrected chi connectivity index (χ2v) is 9.87. The van der Waals surface area contributed by atoms with E-state index in [1.807, 2.05) is 48.5 Å². The van der Waals surface area contributed by atoms with E-state index in [2.05, 4.69) is 36.8 Å². The Hall–Kier alpha value is -3.24. The van der Waals surface area contributed by atoms with Gasteiger partial charge in [-0.2, -0.15) is 0 Å². The molecule has 0 saturated carbocycles. The molecule has 0 spiro atoms. The number of aromatic amines is 1. The van der Waals surface area contributed by atoms with Gasteiger partial charge in [0.25, 0.3) is 11.1 Å². The Bertz CT molecular complexity index is 1560. The average Bonchev–Trinajstić information content (AvgIpc) is 2.83. The predicted octanol–water partition coefficient (Wildman–Crippen LogP) is 3.96. The number of benzene rings is 2. The van der Waals surface area contributed by atoms with E-state index in [-0.39, 0.29) is 29.9 Å². The van der Waals surface area contributed by atoms with Crippen LogP contribution in [0.1, 0.15) is 29.7 Å². The molecular formula is C26H28Br2N4O4. The molecule has 10 heteroatoms. The van der Waals surface area contributed by atoms with E-state index in [0.717, 1.165) is 24.6 Å². The summed E-state index contributed by atoms with van der Waals surface area (Å²) >= 11 is 6.71. The SMILES string of the molecule is C.Cc1cn(Cc2ccc(Br)cc2)c(=O)[nH]c1=O.Cc1cn(Cc2ccc(Br)cc2)c(=O)n(C)c1=O. The second-order valence-electron chi connectivity index (χ2n) is 8.04. The van der Waals surface area contributed by atoms with E-state index in [9.17, 15) is 19.2 Å². The first-order valence-electron chi connectivity index (χ1n) is 10.6. The zero-order valence-corrected chi connectivity index (χ0v) is 22.6. The summed E-state index contributed by atoms with van der Waals surface area (Å²) in [5, 5.41) is 0. The molecule has 0 aliphatic heterocycles. The number of aromatic nitrogens is 4. The van der Waals surface area contributed by atoms with Gasteiger partial charge in [-0.05, 0) is 49.2 Å². The van der Waals surface area contributed by atoms with Gasteiger partial charge in [0, 0.05) is 39.5 Å². The molecule has 0 fully saturated rings. The van der Waals surface area contributed by atoms with Gasteiger partial charge >= 0.3 is 11.4 Å². The number of hydrogen-bond acceptors (Lipinski definition) is 4. The van der Waals surface area contributed by atoms with Gasteiger partial charge in [0.05, 0.1) is 13.1 Å². The molecule has 1 N–H and O–H groups in total. The zero-order chi connectivity index (χ0) is 25.7. The molecule has 8 nitrogen and oxygen atoms in total. The molecule has 0 aliphatic rings. The molecule has 0 bridgehead atoms. The third-order valence-corrected chi connectivity index (χ3v) is 6.30. The van der Waals surface area contributed by atoms with Gasteiger partial charge in [-0.15, -0.1) is 0 Å². The van der Waals surface area contributed by atoms with E-state index >= 15 is 0 Å². The molecule has 2 aromatic heterocycles. The Morgan fingerprint density at radius 1 is 0.722 bits per heavy atom. The Balaban J connectivity index is 0.000000247. The summed E-state index contributed by atoms with van der Waals surface area (Å²) in [5.41, 5.74) is 1.85. The Labute approximate surface area is 225 Å². The summed E-state index contributed by atoms with van der Waals surface area (Å²) < 4.78 is 6.15. The first-order valence-corrected chi connectivity index (χ1v) is 12.2. The van der Waals surface area contributed by atoms with Crippen LogP contribution in [-0.2, 0) is 20.1 Å². The van der Waals surface area contributed by atoms with Gasteiger partial charge in [0.1, 0.15) is 0 Å². The first-order chi connectivity index (χ1) is 16.5. The van der Waals surface area contributed by atoms with Crippen LogP contribution in [0, 0.1) is 13.8 Å². The molecule has 0 atom stereocenters. The van der Waals surface area contributed by atoms with Crippen LogP contribution in [0.15, 0.2) is 89.0 Å². The summed E-state index contributed by atoms with van der Waals surface area (Å²) in [6.45, 7) is 4.29. The van der Waals surface area contributed by atoms with Gasteiger partial charge < -0.3 is 0 Å². The highest BCUT2D eigenvalue weighted by atomic mass is 79.9. The topological polar surface area (TPSA) is 98.9 Å². The summed E-state index contributed by atoms with van der Waals surface area (Å²) in [6.07, 6.45) is 3.18. The Morgan fingerprint density at radius 2 is 1.17 bits per heavy atom. The lowest BCUT2D eigenvalue weighted by Crippen LogP contribution is -2.38. The van der Waals surface area contributed by atoms with Crippen LogP contribution in [0.3, 0.4) is 0 Å². The number of nitrogens with one attached hydrogen (secondary N) is 1. The molecule has 36 heavy (non-hydrogen) atoms. The lowest BCUT2D eigenvalue weighted by atomic mass is 10.2. The van der Waals surface area contributed by atoms with Crippen molar-refractivity contribution in [2.75, 3.05) is 0 Å². The number of rotatable bonds is 4. The van der Waals surface area contributed by atoms with E-state index in [4.69, 9.17) is 0 Å². The van der Waals surface area contributed by atoms with Gasteiger partial charge in [-0.3, -0.25) is 28.3 Å². The summed E-state index contributed by atoms with van der Waals surface area (Å²) in [6, 6.07) is 15.4. The minimum atomic E-state index is -0.386. The highest BCUT2D eigenvalue weighted by molar-refractivity contribution is 9.10. The van der Waals surface area contributed by atoms with Gasteiger partial charge in [0.15, 0.2) is 0 Å². The maximum absolute atomic E-state index is 11.9. The lowest BCUT2D eigenvalue weighted by Gasteiger charge is -2.09. The molecule has 2 aromatic carbocycles. The van der Waals surface area contributed by atoms with Gasteiger partial charge in [0.2, 0.25) is 0 Å². The van der Waals surface area contributed by atoms with Crippen molar-refractivity contribution >= 4 is 31.9 Å². The van der Waals surface area contributed by atoms with E-state index in [1.54, 1.807) is 30.8 Å². The first kappa shape index (κ1) is 29.0. The quantitative estimate of drug-likeness (QED) is 0.374. The van der Waals surface area contributed by atoms with Crippen molar-refractivity contribution < 1.29 is 0 Å². The van der Waals surface area contributed by atoms with Crippen molar-refractivity contribution in [2.45, 2.75) is 34.4 Å². The largest absolute Gasteiger partial charge is 0.331 e. The number of aryl methyl sites for hydroxylation is 2. The monoisotopic (exact) mass is 618 g/mol. The smallest absolute Gasteiger partial charge is 0.296 e. The fourth-order valence-electron chi connectivity index (χ4n) is 3.31. The molecule has 0 radical (unpaired) electrons. The van der Waals surface area contributed by atoms with Crippen LogP contribution < -0.4 is 22.5 Å². The van der Waals surface area contributed by atoms with Crippen LogP contribution in [0.2, 0.25) is 0 Å². The summed E-state index contributed by atoms with van der Waals surface area (Å²) in [7, 11) is 1.50. The predicted molar refractivity (Wildman–Crippen MR) is 150 cm³/mol. The highest BCUT2D eigenvalue weighted by Crippen LogP contribution is 2.12. The van der Waals surface area contributed by atoms with E-state index in [1.165, 1.54) is 11.6 Å². The molecule has 0 unspecified atom stereocenters. The molecule has 2 heterocycles. The minimum Gasteiger partial charge on any atom is -0.296 e. The average molecular weight is 620 g/mol. The van der Waals surface area contributed by atoms with Crippen LogP contribution in [0.5, 0.6) is 0 Å². The van der Waals surface area contributed by atoms with Crippen LogP contribution >= 0.6 is 31.9 Å². The molecule has 0 amide bonds. The standard InChI is InChI=1S/C13H13BrN2O2.C12H11BrN2O2.CH4/c1-9-7-16(13(18)15(2)12(9)17)8-10-3-5-11(14)6-4-10;1-8-6-15(12(17)14-11(8)16)7-9-2-4-10(13)5-3-9;/h3-7H,8H2,1-2H3;2-6H,7H2,1H3,(H,14,16,17);1H4. The van der Waals surface area contributed by atoms with Crippen molar-refractivity contribution in [1.29, 1.82) is 0 Å². The highest BCUT2D eigenvalue weighted by Gasteiger charge is 2.06. The van der Waals surface area contributed by atoms with E-state index in [0.29, 0.717) is 24.2 Å². The number of nitrogens with zero attached hydrogens (tertiary/aromatic N) is 3. The van der Waals surface area contributed by atoms with Crippen molar-refractivity contribution in [2.24, 2.45) is 7.05 Å². The second kappa shape index (κ2) is 12.6. The fourth-order valence-corrected chi connectivity index (χ4v) is 3.84. The summed E-state index contributed by atoms with van der Waals surface area (Å²) in [5.74, 6) is 0. The zero-order valence-electron chi connectivity index (χ0n) is 19.4. The molecule has 4 aromatic rings. The number of halogens is 2. The van der Waals surface area contributed by atoms with Crippen molar-refractivity contribution in [3.63, 3.8) is 0 Å². The normalized spacial score (nSPS) is 10.2. The molecule has 4 rings (SSSR count). The van der Waals surface area contributed by atoms with Gasteiger partial charge in [-0.25, -0.2) is 9.59 Å². The Kier molecular flexibility index (Phi) is 10.2.